The number of aliphatic hydroxyl groups is 1. The number of aromatic nitrogens is 1. The van der Waals surface area contributed by atoms with Crippen molar-refractivity contribution in [3.8, 4) is 0 Å². The molecule has 1 saturated heterocycles. The van der Waals surface area contributed by atoms with Crippen LogP contribution in [0.1, 0.15) is 20.3 Å². The van der Waals surface area contributed by atoms with E-state index < -0.39 is 21.7 Å². The van der Waals surface area contributed by atoms with Gasteiger partial charge in [-0.15, -0.1) is 0 Å². The number of hydrogen-bond acceptors (Lipinski definition) is 3. The molecule has 6 heteroatoms. The average Bonchev–Trinajstić information content (AvgIpc) is 2.76. The Bertz CT molecular complexity index is 464. The highest BCUT2D eigenvalue weighted by Gasteiger charge is 2.47. The van der Waals surface area contributed by atoms with Crippen LogP contribution in [0.3, 0.4) is 0 Å². The molecule has 0 amide bonds. The predicted octanol–water partition coefficient (Wildman–Crippen LogP) is 0.549. The molecule has 0 saturated carbocycles. The number of nitrogens with one attached hydrogen (secondary N) is 1. The number of H-pyrrole nitrogens is 1. The molecular formula is C10H16N2O3S. The molecule has 1 unspecified atom stereocenters. The van der Waals surface area contributed by atoms with Crippen molar-refractivity contribution in [3.63, 3.8) is 0 Å². The standard InChI is InChI=1S/C10H16N2O3S/c1-10(2)8(13)5-7-12(10)16(14,15)9-4-3-6-11-9/h3-4,6,8,11,13H,5,7H2,1-2H3. The summed E-state index contributed by atoms with van der Waals surface area (Å²) in [5.74, 6) is 0. The van der Waals surface area contributed by atoms with E-state index in [9.17, 15) is 13.5 Å². The van der Waals surface area contributed by atoms with Crippen LogP contribution in [-0.4, -0.2) is 41.0 Å². The number of rotatable bonds is 2. The summed E-state index contributed by atoms with van der Waals surface area (Å²) in [4.78, 5) is 2.70. The van der Waals surface area contributed by atoms with Crippen LogP contribution >= 0.6 is 0 Å². The van der Waals surface area contributed by atoms with Gasteiger partial charge < -0.3 is 10.1 Å². The van der Waals surface area contributed by atoms with Gasteiger partial charge in [0.15, 0.2) is 0 Å². The maximum atomic E-state index is 12.2. The summed E-state index contributed by atoms with van der Waals surface area (Å²) in [6.45, 7) is 3.84. The molecule has 2 heterocycles. The first-order valence-corrected chi connectivity index (χ1v) is 6.65. The molecule has 1 atom stereocenters. The highest BCUT2D eigenvalue weighted by atomic mass is 32.2. The van der Waals surface area contributed by atoms with Gasteiger partial charge in [-0.1, -0.05) is 0 Å². The molecule has 0 spiro atoms. The van der Waals surface area contributed by atoms with Crippen molar-refractivity contribution < 1.29 is 13.5 Å². The summed E-state index contributed by atoms with van der Waals surface area (Å²) in [7, 11) is -3.52. The lowest BCUT2D eigenvalue weighted by Gasteiger charge is -2.32. The van der Waals surface area contributed by atoms with E-state index in [1.807, 2.05) is 0 Å². The maximum Gasteiger partial charge on any atom is 0.259 e. The van der Waals surface area contributed by atoms with Gasteiger partial charge in [0.1, 0.15) is 5.03 Å². The van der Waals surface area contributed by atoms with E-state index in [0.29, 0.717) is 13.0 Å². The molecule has 1 fully saturated rings. The van der Waals surface area contributed by atoms with Gasteiger partial charge in [-0.25, -0.2) is 8.42 Å². The largest absolute Gasteiger partial charge is 0.391 e. The molecule has 0 bridgehead atoms. The minimum atomic E-state index is -3.52. The second-order valence-electron chi connectivity index (χ2n) is 4.57. The third-order valence-corrected chi connectivity index (χ3v) is 5.24. The first-order valence-electron chi connectivity index (χ1n) is 5.21. The third-order valence-electron chi connectivity index (χ3n) is 3.20. The highest BCUT2D eigenvalue weighted by Crippen LogP contribution is 2.33. The molecule has 1 aromatic heterocycles. The van der Waals surface area contributed by atoms with Crippen LogP contribution in [0.25, 0.3) is 0 Å². The minimum Gasteiger partial charge on any atom is -0.391 e. The zero-order chi connectivity index (χ0) is 12.0. The molecule has 0 aromatic carbocycles. The SMILES string of the molecule is CC1(C)C(O)CCN1S(=O)(=O)c1ccc[nH]1. The van der Waals surface area contributed by atoms with Crippen molar-refractivity contribution in [2.45, 2.75) is 36.9 Å². The van der Waals surface area contributed by atoms with Gasteiger partial charge in [0.25, 0.3) is 10.0 Å². The van der Waals surface area contributed by atoms with E-state index >= 15 is 0 Å². The zero-order valence-corrected chi connectivity index (χ0v) is 10.2. The summed E-state index contributed by atoms with van der Waals surface area (Å²) < 4.78 is 25.8. The molecular weight excluding hydrogens is 228 g/mol. The number of nitrogens with zero attached hydrogens (tertiary/aromatic N) is 1. The molecule has 0 aliphatic carbocycles. The first kappa shape index (κ1) is 11.6. The van der Waals surface area contributed by atoms with E-state index in [1.54, 1.807) is 26.1 Å². The summed E-state index contributed by atoms with van der Waals surface area (Å²) in [6, 6.07) is 3.17. The molecule has 16 heavy (non-hydrogen) atoms. The van der Waals surface area contributed by atoms with Crippen molar-refractivity contribution in [1.82, 2.24) is 9.29 Å². The number of aromatic amines is 1. The van der Waals surface area contributed by atoms with Crippen LogP contribution in [0, 0.1) is 0 Å². The van der Waals surface area contributed by atoms with Crippen LogP contribution in [0.4, 0.5) is 0 Å². The van der Waals surface area contributed by atoms with E-state index in [0.717, 1.165) is 0 Å². The second kappa shape index (κ2) is 3.58. The van der Waals surface area contributed by atoms with Crippen LogP contribution in [-0.2, 0) is 10.0 Å². The molecule has 90 valence electrons. The van der Waals surface area contributed by atoms with Gasteiger partial charge >= 0.3 is 0 Å². The highest BCUT2D eigenvalue weighted by molar-refractivity contribution is 7.89. The normalized spacial score (nSPS) is 26.1. The quantitative estimate of drug-likeness (QED) is 0.798. The van der Waals surface area contributed by atoms with Gasteiger partial charge in [0.05, 0.1) is 11.6 Å². The zero-order valence-electron chi connectivity index (χ0n) is 9.34. The van der Waals surface area contributed by atoms with E-state index in [4.69, 9.17) is 0 Å². The summed E-state index contributed by atoms with van der Waals surface area (Å²) >= 11 is 0. The summed E-state index contributed by atoms with van der Waals surface area (Å²) in [6.07, 6.45) is 1.44. The van der Waals surface area contributed by atoms with Gasteiger partial charge in [-0.05, 0) is 32.4 Å². The Morgan fingerprint density at radius 1 is 1.56 bits per heavy atom. The van der Waals surface area contributed by atoms with Crippen molar-refractivity contribution in [2.75, 3.05) is 6.54 Å². The Morgan fingerprint density at radius 3 is 2.69 bits per heavy atom. The molecule has 2 rings (SSSR count). The number of hydrogen-bond donors (Lipinski definition) is 2. The lowest BCUT2D eigenvalue weighted by atomic mass is 10.0. The van der Waals surface area contributed by atoms with Gasteiger partial charge in [0, 0.05) is 12.7 Å². The average molecular weight is 244 g/mol. The Morgan fingerprint density at radius 2 is 2.25 bits per heavy atom. The predicted molar refractivity (Wildman–Crippen MR) is 59.4 cm³/mol. The lowest BCUT2D eigenvalue weighted by molar-refractivity contribution is 0.0900. The Labute approximate surface area is 95.1 Å². The molecule has 1 aromatic rings. The van der Waals surface area contributed by atoms with Gasteiger partial charge in [0.2, 0.25) is 0 Å². The number of sulfonamides is 1. The van der Waals surface area contributed by atoms with Crippen molar-refractivity contribution >= 4 is 10.0 Å². The fraction of sp³-hybridized carbons (Fsp3) is 0.600. The van der Waals surface area contributed by atoms with Crippen LogP contribution in [0.2, 0.25) is 0 Å². The second-order valence-corrected chi connectivity index (χ2v) is 6.40. The molecule has 1 aliphatic rings. The lowest BCUT2D eigenvalue weighted by Crippen LogP contribution is -2.47. The summed E-state index contributed by atoms with van der Waals surface area (Å²) in [5.41, 5.74) is -0.746. The Balaban J connectivity index is 2.40. The number of aliphatic hydroxyl groups excluding tert-OH is 1. The van der Waals surface area contributed by atoms with Gasteiger partial charge in [-0.3, -0.25) is 0 Å². The van der Waals surface area contributed by atoms with E-state index in [1.165, 1.54) is 10.4 Å². The van der Waals surface area contributed by atoms with Crippen LogP contribution in [0.5, 0.6) is 0 Å². The summed E-state index contributed by atoms with van der Waals surface area (Å²) in [5, 5.41) is 9.95. The van der Waals surface area contributed by atoms with Crippen molar-refractivity contribution in [1.29, 1.82) is 0 Å². The molecule has 1 aliphatic heterocycles. The topological polar surface area (TPSA) is 73.4 Å². The molecule has 5 nitrogen and oxygen atoms in total. The first-order chi connectivity index (χ1) is 7.37. The van der Waals surface area contributed by atoms with Crippen molar-refractivity contribution in [3.05, 3.63) is 18.3 Å². The van der Waals surface area contributed by atoms with Crippen molar-refractivity contribution in [2.24, 2.45) is 0 Å². The molecule has 0 radical (unpaired) electrons. The molecule has 2 N–H and O–H groups in total. The van der Waals surface area contributed by atoms with Gasteiger partial charge in [-0.2, -0.15) is 4.31 Å². The van der Waals surface area contributed by atoms with Crippen LogP contribution in [0.15, 0.2) is 23.4 Å². The monoisotopic (exact) mass is 244 g/mol. The smallest absolute Gasteiger partial charge is 0.259 e. The maximum absolute atomic E-state index is 12.2. The fourth-order valence-electron chi connectivity index (χ4n) is 2.07. The van der Waals surface area contributed by atoms with Crippen LogP contribution < -0.4 is 0 Å². The van der Waals surface area contributed by atoms with E-state index in [-0.39, 0.29) is 5.03 Å². The fourth-order valence-corrected chi connectivity index (χ4v) is 3.86. The Hall–Kier alpha value is -0.850. The minimum absolute atomic E-state index is 0.176. The van der Waals surface area contributed by atoms with E-state index in [2.05, 4.69) is 4.98 Å². The Kier molecular flexibility index (Phi) is 2.60. The third kappa shape index (κ3) is 1.57.